The molecule has 0 amide bonds. The Hall–Kier alpha value is -2.62. The number of nitrogens with one attached hydrogen (secondary N) is 2. The van der Waals surface area contributed by atoms with Gasteiger partial charge in [-0.25, -0.2) is 9.98 Å². The normalized spacial score (nSPS) is 17.0. The Labute approximate surface area is 175 Å². The standard InChI is InChI=1S/C25H34N4/c1-24(2,3)22-16-23(27-17-26-22)28-20-11-7-18(8-12-20)15-19-9-13-21(14-10-19)29-25(4,5)6/h7-14,17,23,28-29H,15-16H2,1-6H3. The number of hydrogen-bond acceptors (Lipinski definition) is 4. The van der Waals surface area contributed by atoms with E-state index in [9.17, 15) is 0 Å². The molecule has 2 N–H and O–H groups in total. The third-order valence-corrected chi connectivity index (χ3v) is 4.88. The topological polar surface area (TPSA) is 48.8 Å². The van der Waals surface area contributed by atoms with E-state index < -0.39 is 0 Å². The first kappa shape index (κ1) is 21.1. The Kier molecular flexibility index (Phi) is 6.11. The van der Waals surface area contributed by atoms with Gasteiger partial charge in [-0.3, -0.25) is 0 Å². The van der Waals surface area contributed by atoms with Gasteiger partial charge in [-0.2, -0.15) is 0 Å². The van der Waals surface area contributed by atoms with Gasteiger partial charge in [0.1, 0.15) is 12.5 Å². The van der Waals surface area contributed by atoms with E-state index in [1.807, 2.05) is 0 Å². The van der Waals surface area contributed by atoms with E-state index >= 15 is 0 Å². The molecule has 0 spiro atoms. The summed E-state index contributed by atoms with van der Waals surface area (Å²) in [5.74, 6) is 0. The Morgan fingerprint density at radius 1 is 0.828 bits per heavy atom. The lowest BCUT2D eigenvalue weighted by atomic mass is 9.87. The first-order valence-corrected chi connectivity index (χ1v) is 10.4. The molecule has 2 aromatic carbocycles. The third-order valence-electron chi connectivity index (χ3n) is 4.88. The zero-order valence-electron chi connectivity index (χ0n) is 18.6. The molecule has 0 fully saturated rings. The van der Waals surface area contributed by atoms with E-state index in [1.165, 1.54) is 16.8 Å². The van der Waals surface area contributed by atoms with Crippen molar-refractivity contribution in [3.63, 3.8) is 0 Å². The molecule has 0 aliphatic carbocycles. The van der Waals surface area contributed by atoms with Gasteiger partial charge in [-0.1, -0.05) is 45.0 Å². The number of hydrogen-bond donors (Lipinski definition) is 2. The van der Waals surface area contributed by atoms with Gasteiger partial charge < -0.3 is 10.6 Å². The zero-order valence-corrected chi connectivity index (χ0v) is 18.6. The van der Waals surface area contributed by atoms with Gasteiger partial charge in [0.05, 0.1) is 0 Å². The minimum Gasteiger partial charge on any atom is -0.380 e. The van der Waals surface area contributed by atoms with Crippen LogP contribution in [0, 0.1) is 5.41 Å². The van der Waals surface area contributed by atoms with Crippen LogP contribution < -0.4 is 10.6 Å². The third kappa shape index (κ3) is 6.45. The molecule has 0 saturated heterocycles. The van der Waals surface area contributed by atoms with Crippen LogP contribution in [0.2, 0.25) is 0 Å². The lowest BCUT2D eigenvalue weighted by molar-refractivity contribution is 0.565. The van der Waals surface area contributed by atoms with Crippen molar-refractivity contribution in [1.29, 1.82) is 0 Å². The summed E-state index contributed by atoms with van der Waals surface area (Å²) in [6, 6.07) is 17.4. The van der Waals surface area contributed by atoms with E-state index in [0.29, 0.717) is 0 Å². The van der Waals surface area contributed by atoms with E-state index in [4.69, 9.17) is 0 Å². The van der Waals surface area contributed by atoms with Crippen LogP contribution in [0.15, 0.2) is 58.5 Å². The maximum absolute atomic E-state index is 4.48. The fourth-order valence-electron chi connectivity index (χ4n) is 3.35. The van der Waals surface area contributed by atoms with Gasteiger partial charge in [0.25, 0.3) is 0 Å². The van der Waals surface area contributed by atoms with Crippen molar-refractivity contribution >= 4 is 23.4 Å². The van der Waals surface area contributed by atoms with Crippen LogP contribution in [-0.4, -0.2) is 23.8 Å². The quantitative estimate of drug-likeness (QED) is 0.644. The summed E-state index contributed by atoms with van der Waals surface area (Å²) in [5, 5.41) is 7.02. The zero-order chi connectivity index (χ0) is 21.1. The highest BCUT2D eigenvalue weighted by molar-refractivity contribution is 5.96. The van der Waals surface area contributed by atoms with Crippen molar-refractivity contribution in [2.24, 2.45) is 15.4 Å². The minimum atomic E-state index is 0.0513. The van der Waals surface area contributed by atoms with E-state index in [2.05, 4.69) is 111 Å². The summed E-state index contributed by atoms with van der Waals surface area (Å²) in [7, 11) is 0. The molecule has 1 aliphatic rings. The summed E-state index contributed by atoms with van der Waals surface area (Å²) in [6.45, 7) is 13.1. The molecule has 2 aromatic rings. The van der Waals surface area contributed by atoms with Crippen molar-refractivity contribution in [3.05, 3.63) is 59.7 Å². The number of aliphatic imine (C=N–C) groups is 2. The lowest BCUT2D eigenvalue weighted by Gasteiger charge is -2.27. The number of anilines is 2. The fourth-order valence-corrected chi connectivity index (χ4v) is 3.35. The summed E-state index contributed by atoms with van der Waals surface area (Å²) >= 11 is 0. The number of nitrogens with zero attached hydrogens (tertiary/aromatic N) is 2. The van der Waals surface area contributed by atoms with Gasteiger partial charge in [0.2, 0.25) is 0 Å². The maximum Gasteiger partial charge on any atom is 0.125 e. The maximum atomic E-state index is 4.48. The van der Waals surface area contributed by atoms with Gasteiger partial charge >= 0.3 is 0 Å². The van der Waals surface area contributed by atoms with Gasteiger partial charge in [0.15, 0.2) is 0 Å². The predicted molar refractivity (Wildman–Crippen MR) is 126 cm³/mol. The molecule has 1 unspecified atom stereocenters. The smallest absolute Gasteiger partial charge is 0.125 e. The van der Waals surface area contributed by atoms with Crippen LogP contribution in [0.3, 0.4) is 0 Å². The second-order valence-corrected chi connectivity index (χ2v) is 9.90. The Balaban J connectivity index is 1.57. The highest BCUT2D eigenvalue weighted by Crippen LogP contribution is 2.24. The minimum absolute atomic E-state index is 0.0513. The second kappa shape index (κ2) is 8.40. The molecule has 1 heterocycles. The van der Waals surface area contributed by atoms with E-state index in [0.717, 1.165) is 24.2 Å². The number of benzene rings is 2. The second-order valence-electron chi connectivity index (χ2n) is 9.90. The van der Waals surface area contributed by atoms with Crippen LogP contribution in [-0.2, 0) is 6.42 Å². The average molecular weight is 391 g/mol. The lowest BCUT2D eigenvalue weighted by Crippen LogP contribution is -2.31. The molecule has 3 rings (SSSR count). The first-order chi connectivity index (χ1) is 13.6. The molecule has 0 bridgehead atoms. The summed E-state index contributed by atoms with van der Waals surface area (Å²) < 4.78 is 0. The Bertz CT molecular complexity index is 863. The highest BCUT2D eigenvalue weighted by Gasteiger charge is 2.24. The van der Waals surface area contributed by atoms with Crippen molar-refractivity contribution in [2.75, 3.05) is 10.6 Å². The van der Waals surface area contributed by atoms with Crippen molar-refractivity contribution in [2.45, 2.75) is 66.1 Å². The largest absolute Gasteiger partial charge is 0.380 e. The van der Waals surface area contributed by atoms with Crippen LogP contribution in [0.25, 0.3) is 0 Å². The van der Waals surface area contributed by atoms with Gasteiger partial charge in [0, 0.05) is 34.5 Å². The van der Waals surface area contributed by atoms with E-state index in [1.54, 1.807) is 6.34 Å². The first-order valence-electron chi connectivity index (χ1n) is 10.4. The van der Waals surface area contributed by atoms with Gasteiger partial charge in [-0.15, -0.1) is 0 Å². The SMILES string of the molecule is CC(C)(C)Nc1ccc(Cc2ccc(NC3CC(C(C)(C)C)=NC=N3)cc2)cc1. The van der Waals surface area contributed by atoms with Crippen LogP contribution in [0.5, 0.6) is 0 Å². The summed E-state index contributed by atoms with van der Waals surface area (Å²) in [5.41, 5.74) is 6.21. The number of rotatable bonds is 5. The molecular formula is C25H34N4. The van der Waals surface area contributed by atoms with Crippen LogP contribution in [0.1, 0.15) is 59.1 Å². The summed E-state index contributed by atoms with van der Waals surface area (Å²) in [6.07, 6.45) is 3.51. The fraction of sp³-hybridized carbons (Fsp3) is 0.440. The highest BCUT2D eigenvalue weighted by atomic mass is 15.1. The molecule has 29 heavy (non-hydrogen) atoms. The molecule has 1 atom stereocenters. The monoisotopic (exact) mass is 390 g/mol. The van der Waals surface area contributed by atoms with Gasteiger partial charge in [-0.05, 0) is 62.6 Å². The summed E-state index contributed by atoms with van der Waals surface area (Å²) in [4.78, 5) is 8.94. The van der Waals surface area contributed by atoms with Crippen LogP contribution in [0.4, 0.5) is 11.4 Å². The van der Waals surface area contributed by atoms with Crippen LogP contribution >= 0.6 is 0 Å². The molecule has 0 radical (unpaired) electrons. The molecule has 0 aromatic heterocycles. The van der Waals surface area contributed by atoms with Crippen molar-refractivity contribution in [1.82, 2.24) is 0 Å². The molecule has 0 saturated carbocycles. The van der Waals surface area contributed by atoms with Crippen molar-refractivity contribution in [3.8, 4) is 0 Å². The van der Waals surface area contributed by atoms with Crippen molar-refractivity contribution < 1.29 is 0 Å². The average Bonchev–Trinajstić information content (AvgIpc) is 2.63. The Morgan fingerprint density at radius 2 is 1.38 bits per heavy atom. The Morgan fingerprint density at radius 3 is 1.90 bits per heavy atom. The van der Waals surface area contributed by atoms with E-state index in [-0.39, 0.29) is 17.1 Å². The molecule has 154 valence electrons. The molecule has 4 nitrogen and oxygen atoms in total. The molecular weight excluding hydrogens is 356 g/mol. The molecule has 1 aliphatic heterocycles. The molecule has 4 heteroatoms. The predicted octanol–water partition coefficient (Wildman–Crippen LogP) is 6.14.